The molecule has 0 fully saturated rings. The summed E-state index contributed by atoms with van der Waals surface area (Å²) >= 11 is 5.80. The van der Waals surface area contributed by atoms with Gasteiger partial charge in [-0.15, -0.1) is 0 Å². The average Bonchev–Trinajstić information content (AvgIpc) is 3.15. The number of carbonyl (C=O) groups is 2. The fraction of sp³-hybridized carbons (Fsp3) is 0.160. The summed E-state index contributed by atoms with van der Waals surface area (Å²) in [5, 5.41) is 9.46. The summed E-state index contributed by atoms with van der Waals surface area (Å²) in [6.07, 6.45) is 1.58. The van der Waals surface area contributed by atoms with Crippen LogP contribution in [-0.2, 0) is 16.1 Å². The molecule has 33 heavy (non-hydrogen) atoms. The Hall–Kier alpha value is -3.84. The van der Waals surface area contributed by atoms with Crippen LogP contribution in [0.2, 0.25) is 5.02 Å². The number of benzene rings is 3. The third kappa shape index (κ3) is 5.32. The van der Waals surface area contributed by atoms with E-state index >= 15 is 0 Å². The van der Waals surface area contributed by atoms with E-state index in [0.717, 1.165) is 17.6 Å². The lowest BCUT2D eigenvalue weighted by atomic mass is 10.1. The van der Waals surface area contributed by atoms with Gasteiger partial charge in [-0.05, 0) is 48.9 Å². The molecule has 4 aromatic rings. The summed E-state index contributed by atoms with van der Waals surface area (Å²) in [4.78, 5) is 23.8. The van der Waals surface area contributed by atoms with Crippen LogP contribution >= 0.6 is 11.6 Å². The van der Waals surface area contributed by atoms with E-state index in [1.54, 1.807) is 30.5 Å². The number of aromatic nitrogens is 1. The second-order valence-corrected chi connectivity index (χ2v) is 7.79. The lowest BCUT2D eigenvalue weighted by Gasteiger charge is -2.07. The van der Waals surface area contributed by atoms with E-state index in [9.17, 15) is 9.59 Å². The number of hydrazone groups is 1. The van der Waals surface area contributed by atoms with Crippen molar-refractivity contribution in [2.75, 3.05) is 13.2 Å². The molecule has 0 bridgehead atoms. The maximum absolute atomic E-state index is 12.0. The average molecular weight is 463 g/mol. The van der Waals surface area contributed by atoms with Gasteiger partial charge in [0.25, 0.3) is 11.8 Å². The highest BCUT2D eigenvalue weighted by Gasteiger charge is 2.09. The first-order chi connectivity index (χ1) is 16.0. The monoisotopic (exact) mass is 462 g/mol. The van der Waals surface area contributed by atoms with E-state index < -0.39 is 11.8 Å². The van der Waals surface area contributed by atoms with Crippen molar-refractivity contribution in [3.05, 3.63) is 77.3 Å². The highest BCUT2D eigenvalue weighted by molar-refractivity contribution is 6.30. The smallest absolute Gasteiger partial charge is 0.259 e. The molecule has 0 spiro atoms. The molecule has 4 rings (SSSR count). The van der Waals surface area contributed by atoms with Crippen molar-refractivity contribution < 1.29 is 14.3 Å². The summed E-state index contributed by atoms with van der Waals surface area (Å²) in [5.41, 5.74) is 5.59. The molecule has 0 unspecified atom stereocenters. The minimum Gasteiger partial charge on any atom is -0.484 e. The first-order valence-electron chi connectivity index (χ1n) is 10.5. The van der Waals surface area contributed by atoms with Crippen LogP contribution in [0.25, 0.3) is 21.8 Å². The fourth-order valence-corrected chi connectivity index (χ4v) is 3.74. The van der Waals surface area contributed by atoms with E-state index in [1.807, 2.05) is 24.3 Å². The molecular weight excluding hydrogens is 440 g/mol. The molecule has 2 N–H and O–H groups in total. The Bertz CT molecular complexity index is 1330. The highest BCUT2D eigenvalue weighted by Crippen LogP contribution is 2.29. The van der Waals surface area contributed by atoms with Gasteiger partial charge in [0, 0.05) is 33.4 Å². The number of nitrogens with zero attached hydrogens (tertiary/aromatic N) is 2. The van der Waals surface area contributed by atoms with Gasteiger partial charge in [0.1, 0.15) is 5.75 Å². The molecule has 0 aliphatic rings. The molecular formula is C25H23ClN4O3. The molecule has 168 valence electrons. The Labute approximate surface area is 196 Å². The molecule has 0 aliphatic carbocycles. The molecule has 2 amide bonds. The summed E-state index contributed by atoms with van der Waals surface area (Å²) in [6, 6.07) is 21.0. The van der Waals surface area contributed by atoms with Crippen molar-refractivity contribution in [1.82, 2.24) is 15.3 Å². The maximum Gasteiger partial charge on any atom is 0.259 e. The zero-order valence-corrected chi connectivity index (χ0v) is 18.8. The Balaban J connectivity index is 1.30. The Kier molecular flexibility index (Phi) is 6.90. The van der Waals surface area contributed by atoms with Crippen LogP contribution in [0.1, 0.15) is 12.5 Å². The Morgan fingerprint density at radius 2 is 1.76 bits per heavy atom. The van der Waals surface area contributed by atoms with Gasteiger partial charge >= 0.3 is 0 Å². The number of carbonyl (C=O) groups excluding carboxylic acids is 2. The molecule has 8 heteroatoms. The minimum atomic E-state index is -0.435. The van der Waals surface area contributed by atoms with Gasteiger partial charge in [0.2, 0.25) is 0 Å². The van der Waals surface area contributed by atoms with Gasteiger partial charge in [-0.25, -0.2) is 5.43 Å². The van der Waals surface area contributed by atoms with Crippen LogP contribution in [0.4, 0.5) is 0 Å². The van der Waals surface area contributed by atoms with Crippen LogP contribution in [0.15, 0.2) is 71.8 Å². The highest BCUT2D eigenvalue weighted by atomic mass is 35.5. The summed E-state index contributed by atoms with van der Waals surface area (Å²) in [5.74, 6) is -0.334. The van der Waals surface area contributed by atoms with Crippen LogP contribution < -0.4 is 15.5 Å². The fourth-order valence-electron chi connectivity index (χ4n) is 3.62. The number of nitrogens with one attached hydrogen (secondary N) is 2. The summed E-state index contributed by atoms with van der Waals surface area (Å²) in [6.45, 7) is 2.55. The molecule has 0 atom stereocenters. The van der Waals surface area contributed by atoms with Crippen molar-refractivity contribution in [3.63, 3.8) is 0 Å². The van der Waals surface area contributed by atoms with Gasteiger partial charge in [0.15, 0.2) is 6.61 Å². The molecule has 0 aliphatic heterocycles. The molecule has 0 saturated carbocycles. The Morgan fingerprint density at radius 1 is 1.00 bits per heavy atom. The predicted molar refractivity (Wildman–Crippen MR) is 131 cm³/mol. The van der Waals surface area contributed by atoms with Gasteiger partial charge in [0.05, 0.1) is 12.8 Å². The molecule has 3 aromatic carbocycles. The third-order valence-electron chi connectivity index (χ3n) is 5.15. The van der Waals surface area contributed by atoms with Crippen molar-refractivity contribution in [3.8, 4) is 5.75 Å². The standard InChI is InChI=1S/C25H23ClN4O3/c1-2-30-22-6-4-3-5-20(22)21-12-7-17(13-23(21)30)14-28-29-24(31)15-27-25(32)16-33-19-10-8-18(26)9-11-19/h3-14H,2,15-16H2,1H3,(H,27,32)(H,29,31)/b28-14+. The quantitative estimate of drug-likeness (QED) is 0.305. The van der Waals surface area contributed by atoms with Crippen LogP contribution in [0.3, 0.4) is 0 Å². The third-order valence-corrected chi connectivity index (χ3v) is 5.40. The van der Waals surface area contributed by atoms with E-state index in [-0.39, 0.29) is 13.2 Å². The number of halogens is 1. The maximum atomic E-state index is 12.0. The lowest BCUT2D eigenvalue weighted by molar-refractivity contribution is -0.127. The van der Waals surface area contributed by atoms with E-state index in [0.29, 0.717) is 10.8 Å². The largest absolute Gasteiger partial charge is 0.484 e. The number of ether oxygens (including phenoxy) is 1. The SMILES string of the molecule is CCn1c2ccccc2c2ccc(/C=N/NC(=O)CNC(=O)COc3ccc(Cl)cc3)cc21. The molecule has 1 aromatic heterocycles. The van der Waals surface area contributed by atoms with Crippen molar-refractivity contribution in [1.29, 1.82) is 0 Å². The number of hydrogen-bond donors (Lipinski definition) is 2. The molecule has 0 radical (unpaired) electrons. The van der Waals surface area contributed by atoms with E-state index in [1.165, 1.54) is 16.3 Å². The van der Waals surface area contributed by atoms with E-state index in [4.69, 9.17) is 16.3 Å². The number of aryl methyl sites for hydroxylation is 1. The van der Waals surface area contributed by atoms with Crippen molar-refractivity contribution in [2.24, 2.45) is 5.10 Å². The lowest BCUT2D eigenvalue weighted by Crippen LogP contribution is -2.37. The van der Waals surface area contributed by atoms with Gasteiger partial charge in [-0.1, -0.05) is 41.9 Å². The number of amides is 2. The predicted octanol–water partition coefficient (Wildman–Crippen LogP) is 4.11. The summed E-state index contributed by atoms with van der Waals surface area (Å²) < 4.78 is 7.59. The van der Waals surface area contributed by atoms with Crippen LogP contribution in [-0.4, -0.2) is 35.7 Å². The van der Waals surface area contributed by atoms with Gasteiger partial charge in [-0.3, -0.25) is 9.59 Å². The Morgan fingerprint density at radius 3 is 2.55 bits per heavy atom. The first-order valence-corrected chi connectivity index (χ1v) is 10.9. The minimum absolute atomic E-state index is 0.205. The number of rotatable bonds is 8. The van der Waals surface area contributed by atoms with Crippen molar-refractivity contribution >= 4 is 51.4 Å². The van der Waals surface area contributed by atoms with Gasteiger partial charge in [-0.2, -0.15) is 5.10 Å². The van der Waals surface area contributed by atoms with E-state index in [2.05, 4.69) is 45.5 Å². The topological polar surface area (TPSA) is 84.7 Å². The second-order valence-electron chi connectivity index (χ2n) is 7.35. The number of fused-ring (bicyclic) bond motifs is 3. The summed E-state index contributed by atoms with van der Waals surface area (Å²) in [7, 11) is 0. The first kappa shape index (κ1) is 22.4. The zero-order chi connectivity index (χ0) is 23.2. The van der Waals surface area contributed by atoms with Crippen molar-refractivity contribution in [2.45, 2.75) is 13.5 Å². The van der Waals surface area contributed by atoms with Crippen LogP contribution in [0, 0.1) is 0 Å². The van der Waals surface area contributed by atoms with Crippen LogP contribution in [0.5, 0.6) is 5.75 Å². The zero-order valence-electron chi connectivity index (χ0n) is 18.0. The normalized spacial score (nSPS) is 11.2. The molecule has 0 saturated heterocycles. The number of hydrogen-bond acceptors (Lipinski definition) is 4. The second kappa shape index (κ2) is 10.2. The molecule has 1 heterocycles. The van der Waals surface area contributed by atoms with Gasteiger partial charge < -0.3 is 14.6 Å². The molecule has 7 nitrogen and oxygen atoms in total. The number of para-hydroxylation sites is 1.